The molecule has 0 saturated carbocycles. The number of hydrazine groups is 1. The first-order chi connectivity index (χ1) is 12.0. The first kappa shape index (κ1) is 18.5. The van der Waals surface area contributed by atoms with Crippen LogP contribution in [-0.4, -0.2) is 24.3 Å². The zero-order valence-corrected chi connectivity index (χ0v) is 14.1. The molecule has 2 rings (SSSR count). The molecule has 0 fully saturated rings. The maximum Gasteiger partial charge on any atom is 0.286 e. The first-order valence-corrected chi connectivity index (χ1v) is 8.06. The molecule has 8 heteroatoms. The Morgan fingerprint density at radius 1 is 1.00 bits per heavy atom. The molecule has 7 nitrogen and oxygen atoms in total. The summed E-state index contributed by atoms with van der Waals surface area (Å²) in [7, 11) is 0. The van der Waals surface area contributed by atoms with Crippen LogP contribution in [0.3, 0.4) is 0 Å². The van der Waals surface area contributed by atoms with Gasteiger partial charge in [0.2, 0.25) is 11.8 Å². The molecule has 132 valence electrons. The highest BCUT2D eigenvalue weighted by Crippen LogP contribution is 2.09. The number of hydrogen-bond donors (Lipinski definition) is 3. The Morgan fingerprint density at radius 2 is 1.72 bits per heavy atom. The van der Waals surface area contributed by atoms with Crippen molar-refractivity contribution in [3.8, 4) is 0 Å². The second-order valence-corrected chi connectivity index (χ2v) is 5.67. The number of amides is 3. The van der Waals surface area contributed by atoms with Crippen LogP contribution in [-0.2, 0) is 16.0 Å². The Morgan fingerprint density at radius 3 is 2.40 bits per heavy atom. The number of nitrogens with one attached hydrogen (secondary N) is 3. The summed E-state index contributed by atoms with van der Waals surface area (Å²) < 4.78 is 4.95. The number of carbonyl (C=O) groups is 3. The molecule has 0 bridgehead atoms. The lowest BCUT2D eigenvalue weighted by Crippen LogP contribution is -2.42. The standard InChI is InChI=1S/C17H18ClN3O4/c18-13-7-5-12(6-8-13)11-16(23)21-20-15(22)4-1-9-19-17(24)14-3-2-10-25-14/h2-3,5-8,10H,1,4,9,11H2,(H,19,24)(H,20,22)(H,21,23). The van der Waals surface area contributed by atoms with Gasteiger partial charge in [-0.2, -0.15) is 0 Å². The molecule has 0 aliphatic rings. The van der Waals surface area contributed by atoms with Crippen molar-refractivity contribution in [1.82, 2.24) is 16.2 Å². The van der Waals surface area contributed by atoms with E-state index in [0.717, 1.165) is 5.56 Å². The van der Waals surface area contributed by atoms with Gasteiger partial charge in [0, 0.05) is 18.0 Å². The molecule has 0 saturated heterocycles. The quantitative estimate of drug-likeness (QED) is 0.516. The highest BCUT2D eigenvalue weighted by molar-refractivity contribution is 6.30. The molecule has 0 radical (unpaired) electrons. The molecule has 3 amide bonds. The number of halogens is 1. The first-order valence-electron chi connectivity index (χ1n) is 7.68. The van der Waals surface area contributed by atoms with E-state index in [-0.39, 0.29) is 36.3 Å². The second kappa shape index (κ2) is 9.48. The Balaban J connectivity index is 1.58. The van der Waals surface area contributed by atoms with E-state index in [1.807, 2.05) is 0 Å². The van der Waals surface area contributed by atoms with Crippen LogP contribution in [0.4, 0.5) is 0 Å². The molecular formula is C17H18ClN3O4. The van der Waals surface area contributed by atoms with Gasteiger partial charge >= 0.3 is 0 Å². The summed E-state index contributed by atoms with van der Waals surface area (Å²) in [6, 6.07) is 10.0. The van der Waals surface area contributed by atoms with Crippen LogP contribution in [0.1, 0.15) is 29.0 Å². The van der Waals surface area contributed by atoms with E-state index in [1.54, 1.807) is 36.4 Å². The Labute approximate surface area is 149 Å². The fourth-order valence-corrected chi connectivity index (χ4v) is 2.11. The van der Waals surface area contributed by atoms with Crippen LogP contribution in [0.15, 0.2) is 47.1 Å². The fraction of sp³-hybridized carbons (Fsp3) is 0.235. The SMILES string of the molecule is O=C(CCCNC(=O)c1ccco1)NNC(=O)Cc1ccc(Cl)cc1. The van der Waals surface area contributed by atoms with E-state index in [4.69, 9.17) is 16.0 Å². The zero-order chi connectivity index (χ0) is 18.1. The number of hydrogen-bond acceptors (Lipinski definition) is 4. The largest absolute Gasteiger partial charge is 0.459 e. The number of rotatable bonds is 7. The second-order valence-electron chi connectivity index (χ2n) is 5.24. The predicted octanol–water partition coefficient (Wildman–Crippen LogP) is 1.83. The molecular weight excluding hydrogens is 346 g/mol. The molecule has 0 aliphatic carbocycles. The third kappa shape index (κ3) is 6.68. The average Bonchev–Trinajstić information content (AvgIpc) is 3.13. The molecule has 1 aromatic heterocycles. The maximum absolute atomic E-state index is 11.7. The van der Waals surface area contributed by atoms with Crippen molar-refractivity contribution < 1.29 is 18.8 Å². The Kier molecular flexibility index (Phi) is 7.03. The zero-order valence-electron chi connectivity index (χ0n) is 13.4. The highest BCUT2D eigenvalue weighted by atomic mass is 35.5. The molecule has 2 aromatic rings. The summed E-state index contributed by atoms with van der Waals surface area (Å²) in [6.45, 7) is 0.325. The lowest BCUT2D eigenvalue weighted by molar-refractivity contribution is -0.128. The van der Waals surface area contributed by atoms with Gasteiger partial charge in [-0.3, -0.25) is 25.2 Å². The summed E-state index contributed by atoms with van der Waals surface area (Å²) in [6.07, 6.45) is 2.15. The maximum atomic E-state index is 11.7. The molecule has 25 heavy (non-hydrogen) atoms. The lowest BCUT2D eigenvalue weighted by atomic mass is 10.1. The third-order valence-electron chi connectivity index (χ3n) is 3.23. The Bertz CT molecular complexity index is 714. The van der Waals surface area contributed by atoms with Crippen molar-refractivity contribution in [2.24, 2.45) is 0 Å². The lowest BCUT2D eigenvalue weighted by Gasteiger charge is -2.08. The minimum Gasteiger partial charge on any atom is -0.459 e. The monoisotopic (exact) mass is 363 g/mol. The van der Waals surface area contributed by atoms with E-state index in [0.29, 0.717) is 18.0 Å². The smallest absolute Gasteiger partial charge is 0.286 e. The van der Waals surface area contributed by atoms with E-state index < -0.39 is 0 Å². The van der Waals surface area contributed by atoms with Crippen molar-refractivity contribution in [2.45, 2.75) is 19.3 Å². The third-order valence-corrected chi connectivity index (χ3v) is 3.48. The number of benzene rings is 1. The van der Waals surface area contributed by atoms with Crippen molar-refractivity contribution in [1.29, 1.82) is 0 Å². The van der Waals surface area contributed by atoms with E-state index in [9.17, 15) is 14.4 Å². The van der Waals surface area contributed by atoms with Gasteiger partial charge in [-0.15, -0.1) is 0 Å². The van der Waals surface area contributed by atoms with E-state index in [2.05, 4.69) is 16.2 Å². The number of furan rings is 1. The van der Waals surface area contributed by atoms with Crippen molar-refractivity contribution >= 4 is 29.3 Å². The normalized spacial score (nSPS) is 10.1. The minimum absolute atomic E-state index is 0.136. The van der Waals surface area contributed by atoms with Gasteiger partial charge in [0.1, 0.15) is 0 Å². The van der Waals surface area contributed by atoms with Crippen molar-refractivity contribution in [3.05, 3.63) is 59.0 Å². The average molecular weight is 364 g/mol. The molecule has 0 spiro atoms. The van der Waals surface area contributed by atoms with Crippen LogP contribution < -0.4 is 16.2 Å². The minimum atomic E-state index is -0.336. The molecule has 3 N–H and O–H groups in total. The summed E-state index contributed by atoms with van der Waals surface area (Å²) in [5.74, 6) is -0.779. The topological polar surface area (TPSA) is 100 Å². The van der Waals surface area contributed by atoms with E-state index in [1.165, 1.54) is 6.26 Å². The highest BCUT2D eigenvalue weighted by Gasteiger charge is 2.09. The van der Waals surface area contributed by atoms with Gasteiger partial charge in [-0.05, 0) is 36.2 Å². The molecule has 0 unspecified atom stereocenters. The predicted molar refractivity (Wildman–Crippen MR) is 91.7 cm³/mol. The van der Waals surface area contributed by atoms with E-state index >= 15 is 0 Å². The Hall–Kier alpha value is -2.80. The van der Waals surface area contributed by atoms with Crippen LogP contribution >= 0.6 is 11.6 Å². The molecule has 0 atom stereocenters. The van der Waals surface area contributed by atoms with Gasteiger partial charge in [0.05, 0.1) is 12.7 Å². The van der Waals surface area contributed by atoms with Gasteiger partial charge in [-0.25, -0.2) is 0 Å². The summed E-state index contributed by atoms with van der Waals surface area (Å²) >= 11 is 5.77. The van der Waals surface area contributed by atoms with Crippen LogP contribution in [0.5, 0.6) is 0 Å². The van der Waals surface area contributed by atoms with Gasteiger partial charge < -0.3 is 9.73 Å². The van der Waals surface area contributed by atoms with Crippen LogP contribution in [0, 0.1) is 0 Å². The van der Waals surface area contributed by atoms with Gasteiger partial charge in [0.25, 0.3) is 5.91 Å². The molecule has 0 aliphatic heterocycles. The molecule has 1 heterocycles. The van der Waals surface area contributed by atoms with Crippen molar-refractivity contribution in [3.63, 3.8) is 0 Å². The van der Waals surface area contributed by atoms with Crippen LogP contribution in [0.2, 0.25) is 5.02 Å². The molecule has 1 aromatic carbocycles. The van der Waals surface area contributed by atoms with Crippen molar-refractivity contribution in [2.75, 3.05) is 6.54 Å². The van der Waals surface area contributed by atoms with Gasteiger partial charge in [-0.1, -0.05) is 23.7 Å². The van der Waals surface area contributed by atoms with Crippen LogP contribution in [0.25, 0.3) is 0 Å². The summed E-state index contributed by atoms with van der Waals surface area (Å²) in [4.78, 5) is 35.0. The fourth-order valence-electron chi connectivity index (χ4n) is 1.98. The summed E-state index contributed by atoms with van der Waals surface area (Å²) in [5, 5.41) is 3.23. The van der Waals surface area contributed by atoms with Gasteiger partial charge in [0.15, 0.2) is 5.76 Å². The summed E-state index contributed by atoms with van der Waals surface area (Å²) in [5.41, 5.74) is 5.47. The number of carbonyl (C=O) groups excluding carboxylic acids is 3.